The minimum absolute atomic E-state index is 0.151. The van der Waals surface area contributed by atoms with E-state index >= 15 is 0 Å². The van der Waals surface area contributed by atoms with Gasteiger partial charge in [0.2, 0.25) is 0 Å². The molecule has 1 atom stereocenters. The maximum atomic E-state index is 6.20. The van der Waals surface area contributed by atoms with Gasteiger partial charge in [-0.1, -0.05) is 119 Å². The van der Waals surface area contributed by atoms with Crippen LogP contribution in [-0.4, -0.2) is 22.8 Å². The third-order valence-electron chi connectivity index (χ3n) is 7.06. The number of rotatable bonds is 19. The molecule has 0 bridgehead atoms. The van der Waals surface area contributed by atoms with E-state index in [9.17, 15) is 0 Å². The molecule has 0 aromatic carbocycles. The zero-order valence-electron chi connectivity index (χ0n) is 20.9. The van der Waals surface area contributed by atoms with Crippen LogP contribution in [0.3, 0.4) is 0 Å². The van der Waals surface area contributed by atoms with Crippen molar-refractivity contribution in [3.63, 3.8) is 0 Å². The third kappa shape index (κ3) is 10.3. The smallest absolute Gasteiger partial charge is 0.343 e. The summed E-state index contributed by atoms with van der Waals surface area (Å²) in [6.45, 7) is 14.1. The van der Waals surface area contributed by atoms with Gasteiger partial charge in [0.05, 0.1) is 0 Å². The van der Waals surface area contributed by atoms with Gasteiger partial charge < -0.3 is 8.85 Å². The fourth-order valence-corrected chi connectivity index (χ4v) is 9.12. The normalized spacial score (nSPS) is 14.0. The van der Waals surface area contributed by atoms with Gasteiger partial charge >= 0.3 is 8.56 Å². The highest BCUT2D eigenvalue weighted by Gasteiger charge is 2.51. The quantitative estimate of drug-likeness (QED) is 0.155. The summed E-state index contributed by atoms with van der Waals surface area (Å²) in [5.41, 5.74) is 0. The Bertz CT molecular complexity index is 348. The van der Waals surface area contributed by atoms with Crippen LogP contribution in [-0.2, 0) is 8.85 Å². The Morgan fingerprint density at radius 1 is 0.750 bits per heavy atom. The van der Waals surface area contributed by atoms with Gasteiger partial charge in [0.15, 0.2) is 0 Å². The summed E-state index contributed by atoms with van der Waals surface area (Å²) in [6.07, 6.45) is 17.7. The molecule has 0 saturated carbocycles. The van der Waals surface area contributed by atoms with E-state index in [0.29, 0.717) is 0 Å². The Morgan fingerprint density at radius 3 is 1.64 bits per heavy atom. The first kappa shape index (κ1) is 28.1. The molecule has 0 aliphatic carbocycles. The van der Waals surface area contributed by atoms with Gasteiger partial charge in [0.25, 0.3) is 0 Å². The van der Waals surface area contributed by atoms with Crippen molar-refractivity contribution in [2.45, 2.75) is 136 Å². The standard InChI is InChI=1S/C25H54O2Si/c1-9-12-13-14-15-16-17-18-19-20-23(4)21-25(5,6)28(26-7,27-8)22-24(10-2)11-3/h23-24H,9-22H2,1-8H3. The average molecular weight is 415 g/mol. The molecule has 28 heavy (non-hydrogen) atoms. The third-order valence-corrected chi connectivity index (χ3v) is 11.8. The maximum Gasteiger partial charge on any atom is 0.343 e. The van der Waals surface area contributed by atoms with Crippen LogP contribution in [0.5, 0.6) is 0 Å². The Hall–Kier alpha value is 0.137. The fraction of sp³-hybridized carbons (Fsp3) is 1.00. The zero-order chi connectivity index (χ0) is 21.5. The van der Waals surface area contributed by atoms with E-state index in [1.54, 1.807) is 0 Å². The van der Waals surface area contributed by atoms with E-state index in [2.05, 4.69) is 41.5 Å². The van der Waals surface area contributed by atoms with E-state index in [1.165, 1.54) is 83.5 Å². The predicted octanol–water partition coefficient (Wildman–Crippen LogP) is 8.88. The Morgan fingerprint density at radius 2 is 1.21 bits per heavy atom. The van der Waals surface area contributed by atoms with Crippen LogP contribution in [0.1, 0.15) is 125 Å². The summed E-state index contributed by atoms with van der Waals surface area (Å²) >= 11 is 0. The lowest BCUT2D eigenvalue weighted by Crippen LogP contribution is -2.51. The summed E-state index contributed by atoms with van der Waals surface area (Å²) in [7, 11) is 1.57. The van der Waals surface area contributed by atoms with Crippen molar-refractivity contribution in [3.8, 4) is 0 Å². The molecule has 0 rings (SSSR count). The lowest BCUT2D eigenvalue weighted by atomic mass is 9.92. The van der Waals surface area contributed by atoms with Crippen LogP contribution in [0.15, 0.2) is 0 Å². The monoisotopic (exact) mass is 414 g/mol. The average Bonchev–Trinajstić information content (AvgIpc) is 2.67. The van der Waals surface area contributed by atoms with E-state index in [1.807, 2.05) is 14.2 Å². The van der Waals surface area contributed by atoms with Gasteiger partial charge in [0, 0.05) is 19.3 Å². The molecule has 0 aliphatic heterocycles. The molecule has 0 fully saturated rings. The van der Waals surface area contributed by atoms with Crippen LogP contribution in [0, 0.1) is 11.8 Å². The molecule has 1 unspecified atom stereocenters. The van der Waals surface area contributed by atoms with Gasteiger partial charge in [-0.2, -0.15) is 0 Å². The topological polar surface area (TPSA) is 18.5 Å². The summed E-state index contributed by atoms with van der Waals surface area (Å²) in [5, 5.41) is 0.151. The highest BCUT2D eigenvalue weighted by Crippen LogP contribution is 2.48. The molecule has 0 heterocycles. The van der Waals surface area contributed by atoms with E-state index < -0.39 is 8.56 Å². The number of hydrogen-bond donors (Lipinski definition) is 0. The molecular formula is C25H54O2Si. The summed E-state index contributed by atoms with van der Waals surface area (Å²) < 4.78 is 12.4. The molecule has 0 amide bonds. The lowest BCUT2D eigenvalue weighted by Gasteiger charge is -2.44. The van der Waals surface area contributed by atoms with Crippen LogP contribution >= 0.6 is 0 Å². The second kappa shape index (κ2) is 15.9. The predicted molar refractivity (Wildman–Crippen MR) is 128 cm³/mol. The molecule has 0 aromatic heterocycles. The first-order chi connectivity index (χ1) is 13.3. The maximum absolute atomic E-state index is 6.20. The first-order valence-electron chi connectivity index (χ1n) is 12.4. The Kier molecular flexibility index (Phi) is 16.0. The van der Waals surface area contributed by atoms with Crippen molar-refractivity contribution in [1.82, 2.24) is 0 Å². The van der Waals surface area contributed by atoms with Crippen molar-refractivity contribution < 1.29 is 8.85 Å². The molecule has 0 spiro atoms. The van der Waals surface area contributed by atoms with E-state index in [0.717, 1.165) is 17.9 Å². The summed E-state index contributed by atoms with van der Waals surface area (Å²) in [4.78, 5) is 0. The van der Waals surface area contributed by atoms with Crippen LogP contribution < -0.4 is 0 Å². The molecule has 3 heteroatoms. The molecule has 0 N–H and O–H groups in total. The molecule has 0 saturated heterocycles. The first-order valence-corrected chi connectivity index (χ1v) is 14.4. The minimum atomic E-state index is -2.22. The van der Waals surface area contributed by atoms with Gasteiger partial charge in [0.1, 0.15) is 0 Å². The summed E-state index contributed by atoms with van der Waals surface area (Å²) in [6, 6.07) is 1.13. The van der Waals surface area contributed by atoms with Crippen molar-refractivity contribution in [2.24, 2.45) is 11.8 Å². The van der Waals surface area contributed by atoms with Crippen LogP contribution in [0.25, 0.3) is 0 Å². The second-order valence-corrected chi connectivity index (χ2v) is 13.9. The van der Waals surface area contributed by atoms with Crippen molar-refractivity contribution in [2.75, 3.05) is 14.2 Å². The van der Waals surface area contributed by atoms with Crippen LogP contribution in [0.2, 0.25) is 11.1 Å². The molecule has 2 nitrogen and oxygen atoms in total. The number of unbranched alkanes of at least 4 members (excludes halogenated alkanes) is 8. The van der Waals surface area contributed by atoms with E-state index in [4.69, 9.17) is 8.85 Å². The lowest BCUT2D eigenvalue weighted by molar-refractivity contribution is 0.189. The molecule has 0 radical (unpaired) electrons. The molecule has 0 aromatic rings. The summed E-state index contributed by atoms with van der Waals surface area (Å²) in [5.74, 6) is 1.47. The molecule has 0 aliphatic rings. The van der Waals surface area contributed by atoms with E-state index in [-0.39, 0.29) is 5.04 Å². The highest BCUT2D eigenvalue weighted by atomic mass is 28.4. The molecular weight excluding hydrogens is 360 g/mol. The van der Waals surface area contributed by atoms with Gasteiger partial charge in [-0.3, -0.25) is 0 Å². The molecule has 170 valence electrons. The minimum Gasteiger partial charge on any atom is -0.397 e. The Balaban J connectivity index is 4.36. The zero-order valence-corrected chi connectivity index (χ0v) is 21.9. The highest BCUT2D eigenvalue weighted by molar-refractivity contribution is 6.70. The number of hydrogen-bond acceptors (Lipinski definition) is 2. The van der Waals surface area contributed by atoms with Crippen molar-refractivity contribution in [3.05, 3.63) is 0 Å². The fourth-order valence-electron chi connectivity index (χ4n) is 4.97. The van der Waals surface area contributed by atoms with Crippen LogP contribution in [0.4, 0.5) is 0 Å². The van der Waals surface area contributed by atoms with Crippen molar-refractivity contribution in [1.29, 1.82) is 0 Å². The van der Waals surface area contributed by atoms with Crippen molar-refractivity contribution >= 4 is 8.56 Å². The largest absolute Gasteiger partial charge is 0.397 e. The van der Waals surface area contributed by atoms with Gasteiger partial charge in [-0.25, -0.2) is 0 Å². The SMILES string of the molecule is CCCCCCCCCCCC(C)CC(C)(C)[Si](CC(CC)CC)(OC)OC. The second-order valence-electron chi connectivity index (χ2n) is 9.86. The van der Waals surface area contributed by atoms with Gasteiger partial charge in [-0.05, 0) is 24.3 Å². The van der Waals surface area contributed by atoms with Gasteiger partial charge in [-0.15, -0.1) is 0 Å². The Labute approximate surface area is 179 Å².